The molecule has 0 aromatic rings. The molecule has 0 fully saturated rings. The van der Waals surface area contributed by atoms with Crippen molar-refractivity contribution < 1.29 is 93.0 Å². The molecule has 0 nitrogen and oxygen atoms in total. The Morgan fingerprint density at radius 2 is 1.25 bits per heavy atom. The van der Waals surface area contributed by atoms with Gasteiger partial charge < -0.3 is 5.71 Å². The first kappa shape index (κ1) is 25.8. The molecule has 0 aromatic heterocycles. The van der Waals surface area contributed by atoms with Crippen molar-refractivity contribution in [2.45, 2.75) is 0 Å². The maximum atomic E-state index is 0. The molecule has 0 bridgehead atoms. The largest absolute Gasteiger partial charge is 2.00 e. The summed E-state index contributed by atoms with van der Waals surface area (Å²) >= 11 is 0. The summed E-state index contributed by atoms with van der Waals surface area (Å²) in [7, 11) is 0. The van der Waals surface area contributed by atoms with Crippen LogP contribution in [0.25, 0.3) is 0 Å². The SMILES string of the molecule is [Cu].[H-].[H-].[H-].[H-].[K+].[Li+].[Mg+2]. The van der Waals surface area contributed by atoms with Crippen molar-refractivity contribution in [2.75, 3.05) is 0 Å². The maximum absolute atomic E-state index is 0. The van der Waals surface area contributed by atoms with Gasteiger partial charge in [-0.25, -0.2) is 0 Å². The van der Waals surface area contributed by atoms with E-state index in [1.54, 1.807) is 0 Å². The summed E-state index contributed by atoms with van der Waals surface area (Å²) in [5.41, 5.74) is 0. The van der Waals surface area contributed by atoms with Crippen LogP contribution in [0.4, 0.5) is 0 Å². The van der Waals surface area contributed by atoms with Crippen LogP contribution in [-0.4, -0.2) is 23.1 Å². The molecule has 0 saturated heterocycles. The second-order valence-corrected chi connectivity index (χ2v) is 0. The van der Waals surface area contributed by atoms with E-state index < -0.39 is 0 Å². The van der Waals surface area contributed by atoms with Crippen molar-refractivity contribution in [3.63, 3.8) is 0 Å². The number of hydrogen-bond acceptors (Lipinski definition) is 0. The third kappa shape index (κ3) is 9.10. The Bertz CT molecular complexity index is 16.0. The van der Waals surface area contributed by atoms with Crippen molar-refractivity contribution >= 4 is 23.1 Å². The number of rotatable bonds is 0. The molecule has 0 saturated carbocycles. The summed E-state index contributed by atoms with van der Waals surface area (Å²) in [5.74, 6) is 0. The molecule has 0 N–H and O–H groups in total. The molecule has 0 aliphatic carbocycles. The first-order valence-electron chi connectivity index (χ1n) is 0. The molecule has 0 atom stereocenters. The summed E-state index contributed by atoms with van der Waals surface area (Å²) in [6.45, 7) is 0. The van der Waals surface area contributed by atoms with Gasteiger partial charge >= 0.3 is 93.3 Å². The second-order valence-electron chi connectivity index (χ2n) is 0. The molecule has 1 radical (unpaired) electrons. The van der Waals surface area contributed by atoms with Gasteiger partial charge in [-0.3, -0.25) is 0 Å². The van der Waals surface area contributed by atoms with Crippen LogP contribution in [0.1, 0.15) is 5.71 Å². The van der Waals surface area contributed by atoms with Gasteiger partial charge in [0.1, 0.15) is 0 Å². The van der Waals surface area contributed by atoms with Gasteiger partial charge in [-0.15, -0.1) is 0 Å². The third-order valence-corrected chi connectivity index (χ3v) is 0. The second kappa shape index (κ2) is 16.0. The van der Waals surface area contributed by atoms with E-state index in [-0.39, 0.29) is 116 Å². The molecule has 19 valence electrons. The van der Waals surface area contributed by atoms with E-state index in [1.807, 2.05) is 0 Å². The molecule has 0 aromatic carbocycles. The Morgan fingerprint density at radius 3 is 1.25 bits per heavy atom. The first-order chi connectivity index (χ1) is 0. The molecule has 0 rings (SSSR count). The Labute approximate surface area is 113 Å². The zero-order chi connectivity index (χ0) is 0. The van der Waals surface area contributed by atoms with Crippen molar-refractivity contribution in [2.24, 2.45) is 0 Å². The van der Waals surface area contributed by atoms with Crippen LogP contribution in [-0.2, 0) is 17.1 Å². The molecule has 0 spiro atoms. The van der Waals surface area contributed by atoms with Gasteiger partial charge in [0.15, 0.2) is 0 Å². The van der Waals surface area contributed by atoms with Gasteiger partial charge in [-0.2, -0.15) is 0 Å². The smallest absolute Gasteiger partial charge is 1.00 e. The summed E-state index contributed by atoms with van der Waals surface area (Å²) < 4.78 is 0. The molecule has 0 aliphatic heterocycles. The van der Waals surface area contributed by atoms with E-state index in [0.717, 1.165) is 0 Å². The molecule has 0 amide bonds. The Morgan fingerprint density at radius 1 is 1.25 bits per heavy atom. The number of hydrogen-bond donors (Lipinski definition) is 0. The predicted molar refractivity (Wildman–Crippen MR) is 10.2 cm³/mol. The maximum Gasteiger partial charge on any atom is 2.00 e. The topological polar surface area (TPSA) is 0 Å². The van der Waals surface area contributed by atoms with Crippen molar-refractivity contribution in [3.05, 3.63) is 0 Å². The summed E-state index contributed by atoms with van der Waals surface area (Å²) in [5, 5.41) is 0. The van der Waals surface area contributed by atoms with E-state index in [4.69, 9.17) is 0 Å². The van der Waals surface area contributed by atoms with Crippen LogP contribution in [0.15, 0.2) is 0 Å². The Kier molecular flexibility index (Phi) is 103. The molecular formula is H4CuKLiMg. The van der Waals surface area contributed by atoms with Crippen molar-refractivity contribution in [3.8, 4) is 0 Å². The normalized spacial score (nSPS) is 0. The van der Waals surface area contributed by atoms with Crippen LogP contribution in [0.2, 0.25) is 0 Å². The van der Waals surface area contributed by atoms with E-state index in [1.165, 1.54) is 0 Å². The summed E-state index contributed by atoms with van der Waals surface area (Å²) in [6.07, 6.45) is 0. The minimum absolute atomic E-state index is 0. The minimum Gasteiger partial charge on any atom is -1.00 e. The summed E-state index contributed by atoms with van der Waals surface area (Å²) in [6, 6.07) is 0. The van der Waals surface area contributed by atoms with Crippen LogP contribution in [0, 0.1) is 0 Å². The van der Waals surface area contributed by atoms with Gasteiger partial charge in [0, 0.05) is 17.1 Å². The molecule has 4 heteroatoms. The molecular weight excluding hydrogens is 134 g/mol. The molecule has 4 heavy (non-hydrogen) atoms. The molecule has 0 unspecified atom stereocenters. The van der Waals surface area contributed by atoms with E-state index in [0.29, 0.717) is 0 Å². The van der Waals surface area contributed by atoms with Crippen LogP contribution in [0.3, 0.4) is 0 Å². The van der Waals surface area contributed by atoms with E-state index >= 15 is 0 Å². The van der Waals surface area contributed by atoms with Crippen molar-refractivity contribution in [1.82, 2.24) is 0 Å². The van der Waals surface area contributed by atoms with Crippen LogP contribution >= 0.6 is 0 Å². The van der Waals surface area contributed by atoms with Crippen LogP contribution < -0.4 is 70.2 Å². The summed E-state index contributed by atoms with van der Waals surface area (Å²) in [4.78, 5) is 0. The standard InChI is InChI=1S/Cu.K.Li.Mg.4H/q;2*+1;+2;4*-1. The fourth-order valence-electron chi connectivity index (χ4n) is 0. The van der Waals surface area contributed by atoms with Gasteiger partial charge in [-0.1, -0.05) is 0 Å². The van der Waals surface area contributed by atoms with E-state index in [2.05, 4.69) is 0 Å². The van der Waals surface area contributed by atoms with Gasteiger partial charge in [0.25, 0.3) is 0 Å². The Balaban J connectivity index is 0. The fourth-order valence-corrected chi connectivity index (χ4v) is 0. The fraction of sp³-hybridized carbons (Fsp3) is 0. The molecule has 0 heterocycles. The zero-order valence-corrected chi connectivity index (χ0v) is 8.49. The molecule has 0 aliphatic rings. The monoisotopic (exact) mass is 137 g/mol. The Hall–Kier alpha value is 3.52. The third-order valence-electron chi connectivity index (χ3n) is 0. The van der Waals surface area contributed by atoms with E-state index in [9.17, 15) is 0 Å². The average molecular weight is 138 g/mol. The first-order valence-corrected chi connectivity index (χ1v) is 0. The predicted octanol–water partition coefficient (Wildman–Crippen LogP) is -5.93. The quantitative estimate of drug-likeness (QED) is 0.292. The average Bonchev–Trinajstić information content (AvgIpc) is 0. The van der Waals surface area contributed by atoms with Crippen molar-refractivity contribution in [1.29, 1.82) is 0 Å². The van der Waals surface area contributed by atoms with Crippen LogP contribution in [0.5, 0.6) is 0 Å². The van der Waals surface area contributed by atoms with Gasteiger partial charge in [0.05, 0.1) is 0 Å². The zero-order valence-electron chi connectivity index (χ0n) is 7.01. The van der Waals surface area contributed by atoms with Gasteiger partial charge in [-0.05, 0) is 0 Å². The van der Waals surface area contributed by atoms with Gasteiger partial charge in [0.2, 0.25) is 0 Å². The minimum atomic E-state index is 0.